The Bertz CT molecular complexity index is 557. The van der Waals surface area contributed by atoms with E-state index in [9.17, 15) is 52.0 Å². The minimum atomic E-state index is -6.16. The highest BCUT2D eigenvalue weighted by Gasteiger charge is 2.54. The van der Waals surface area contributed by atoms with Crippen LogP contribution in [0.2, 0.25) is 0 Å². The zero-order valence-corrected chi connectivity index (χ0v) is 13.1. The summed E-state index contributed by atoms with van der Waals surface area (Å²) in [6.07, 6.45) is -15.9. The molecule has 0 spiro atoms. The lowest BCUT2D eigenvalue weighted by Gasteiger charge is -2.21. The number of alkyl halides is 8. The highest BCUT2D eigenvalue weighted by Crippen LogP contribution is 2.32. The molecule has 0 fully saturated rings. The Morgan fingerprint density at radius 3 is 1.29 bits per heavy atom. The summed E-state index contributed by atoms with van der Waals surface area (Å²) in [5.41, 5.74) is -9.22. The molecule has 0 aliphatic carbocycles. The molecule has 146 valence electrons. The van der Waals surface area contributed by atoms with Gasteiger partial charge in [0.1, 0.15) is 0 Å². The van der Waals surface area contributed by atoms with Crippen molar-refractivity contribution >= 4 is 20.2 Å². The molecule has 6 nitrogen and oxygen atoms in total. The van der Waals surface area contributed by atoms with E-state index < -0.39 is 56.3 Å². The molecule has 0 bridgehead atoms. The standard InChI is InChI=1S/C8H10F8O6S2/c1-2-3-4(21-23(17,18)5(9)7(11,12)13)22-24(19,20)6(10)8(14,15)16/h4-6H,2-3H2,1H3. The predicted octanol–water partition coefficient (Wildman–Crippen LogP) is 2.52. The Morgan fingerprint density at radius 2 is 1.08 bits per heavy atom. The Morgan fingerprint density at radius 1 is 0.792 bits per heavy atom. The zero-order chi connectivity index (χ0) is 19.6. The number of hydrogen-bond acceptors (Lipinski definition) is 6. The van der Waals surface area contributed by atoms with Crippen molar-refractivity contribution in [3.8, 4) is 0 Å². The predicted molar refractivity (Wildman–Crippen MR) is 60.6 cm³/mol. The fourth-order valence-electron chi connectivity index (χ4n) is 1.07. The third-order valence-corrected chi connectivity index (χ3v) is 4.54. The number of halogens is 8. The summed E-state index contributed by atoms with van der Waals surface area (Å²) in [5.74, 6) is 0. The van der Waals surface area contributed by atoms with E-state index in [0.29, 0.717) is 0 Å². The lowest BCUT2D eigenvalue weighted by atomic mass is 10.3. The van der Waals surface area contributed by atoms with Gasteiger partial charge in [-0.3, -0.25) is 0 Å². The summed E-state index contributed by atoms with van der Waals surface area (Å²) in [4.78, 5) is 0. The van der Waals surface area contributed by atoms with Crippen LogP contribution in [-0.2, 0) is 28.6 Å². The minimum absolute atomic E-state index is 0.276. The summed E-state index contributed by atoms with van der Waals surface area (Å²) in [7, 11) is -12.3. The van der Waals surface area contributed by atoms with Crippen molar-refractivity contribution in [1.29, 1.82) is 0 Å². The number of rotatable bonds is 8. The summed E-state index contributed by atoms with van der Waals surface area (Å²) < 4.78 is 149. The van der Waals surface area contributed by atoms with Gasteiger partial charge in [-0.1, -0.05) is 13.3 Å². The molecule has 24 heavy (non-hydrogen) atoms. The van der Waals surface area contributed by atoms with E-state index in [4.69, 9.17) is 0 Å². The fraction of sp³-hybridized carbons (Fsp3) is 1.00. The van der Waals surface area contributed by atoms with Crippen molar-refractivity contribution in [1.82, 2.24) is 0 Å². The van der Waals surface area contributed by atoms with Crippen LogP contribution in [0.1, 0.15) is 19.8 Å². The first-order chi connectivity index (χ1) is 10.4. The van der Waals surface area contributed by atoms with Gasteiger partial charge in [0, 0.05) is 6.42 Å². The van der Waals surface area contributed by atoms with Gasteiger partial charge in [0.25, 0.3) is 0 Å². The van der Waals surface area contributed by atoms with Gasteiger partial charge < -0.3 is 0 Å². The summed E-state index contributed by atoms with van der Waals surface area (Å²) in [6, 6.07) is 0. The molecule has 0 rings (SSSR count). The van der Waals surface area contributed by atoms with Gasteiger partial charge in [0.2, 0.25) is 0 Å². The van der Waals surface area contributed by atoms with Crippen molar-refractivity contribution < 1.29 is 60.3 Å². The second-order valence-electron chi connectivity index (χ2n) is 4.11. The Kier molecular flexibility index (Phi) is 7.42. The van der Waals surface area contributed by atoms with Crippen molar-refractivity contribution in [2.24, 2.45) is 0 Å². The monoisotopic (exact) mass is 418 g/mol. The maximum Gasteiger partial charge on any atom is 0.436 e. The largest absolute Gasteiger partial charge is 0.436 e. The molecule has 0 aromatic carbocycles. The molecule has 2 atom stereocenters. The quantitative estimate of drug-likeness (QED) is 0.342. The molecule has 0 aliphatic heterocycles. The van der Waals surface area contributed by atoms with Crippen LogP contribution in [-0.4, -0.2) is 46.5 Å². The zero-order valence-electron chi connectivity index (χ0n) is 11.4. The van der Waals surface area contributed by atoms with Gasteiger partial charge in [0.05, 0.1) is 0 Å². The van der Waals surface area contributed by atoms with E-state index in [1.165, 1.54) is 6.92 Å². The molecule has 0 heterocycles. The first kappa shape index (κ1) is 23.3. The van der Waals surface area contributed by atoms with Crippen molar-refractivity contribution in [2.75, 3.05) is 0 Å². The first-order valence-corrected chi connectivity index (χ1v) is 8.65. The lowest BCUT2D eigenvalue weighted by Crippen LogP contribution is -2.40. The fourth-order valence-corrected chi connectivity index (χ4v) is 2.84. The molecule has 2 unspecified atom stereocenters. The van der Waals surface area contributed by atoms with E-state index in [2.05, 4.69) is 8.37 Å². The highest BCUT2D eigenvalue weighted by atomic mass is 32.2. The molecule has 16 heteroatoms. The van der Waals surface area contributed by atoms with Crippen molar-refractivity contribution in [3.05, 3.63) is 0 Å². The molecule has 0 radical (unpaired) electrons. The van der Waals surface area contributed by atoms with E-state index >= 15 is 0 Å². The van der Waals surface area contributed by atoms with Crippen LogP contribution < -0.4 is 0 Å². The third kappa shape index (κ3) is 6.64. The van der Waals surface area contributed by atoms with Crippen LogP contribution in [0.15, 0.2) is 0 Å². The second-order valence-corrected chi connectivity index (χ2v) is 7.30. The molecule has 0 saturated heterocycles. The summed E-state index contributed by atoms with van der Waals surface area (Å²) in [5, 5.41) is 0. The van der Waals surface area contributed by atoms with Gasteiger partial charge in [-0.25, -0.2) is 17.1 Å². The maximum atomic E-state index is 12.8. The van der Waals surface area contributed by atoms with Crippen LogP contribution in [0.3, 0.4) is 0 Å². The van der Waals surface area contributed by atoms with E-state index in [1.54, 1.807) is 0 Å². The minimum Gasteiger partial charge on any atom is -0.234 e. The van der Waals surface area contributed by atoms with Crippen LogP contribution in [0, 0.1) is 0 Å². The van der Waals surface area contributed by atoms with Crippen LogP contribution >= 0.6 is 0 Å². The van der Waals surface area contributed by atoms with E-state index in [1.807, 2.05) is 0 Å². The van der Waals surface area contributed by atoms with Gasteiger partial charge in [-0.05, 0) is 0 Å². The molecule has 0 N–H and O–H groups in total. The second kappa shape index (κ2) is 7.65. The smallest absolute Gasteiger partial charge is 0.234 e. The number of hydrogen-bond donors (Lipinski definition) is 0. The van der Waals surface area contributed by atoms with Gasteiger partial charge in [-0.15, -0.1) is 0 Å². The van der Waals surface area contributed by atoms with Gasteiger partial charge >= 0.3 is 43.6 Å². The molecular weight excluding hydrogens is 408 g/mol. The van der Waals surface area contributed by atoms with E-state index in [0.717, 1.165) is 0 Å². The molecule has 0 aliphatic rings. The van der Waals surface area contributed by atoms with Crippen molar-refractivity contribution in [2.45, 2.75) is 49.4 Å². The Balaban J connectivity index is 5.41. The topological polar surface area (TPSA) is 86.7 Å². The first-order valence-electron chi connectivity index (χ1n) is 5.71. The van der Waals surface area contributed by atoms with Crippen LogP contribution in [0.4, 0.5) is 35.1 Å². The molecule has 0 saturated carbocycles. The SMILES string of the molecule is CCCC(OS(=O)(=O)C(F)C(F)(F)F)OS(=O)(=O)C(F)C(F)(F)F. The molecular formula is C8H10F8O6S2. The third-order valence-electron chi connectivity index (χ3n) is 2.03. The van der Waals surface area contributed by atoms with E-state index in [-0.39, 0.29) is 6.42 Å². The average molecular weight is 418 g/mol. The van der Waals surface area contributed by atoms with Crippen molar-refractivity contribution in [3.63, 3.8) is 0 Å². The highest BCUT2D eigenvalue weighted by molar-refractivity contribution is 7.88. The maximum absolute atomic E-state index is 12.8. The van der Waals surface area contributed by atoms with Gasteiger partial charge in [-0.2, -0.15) is 43.2 Å². The van der Waals surface area contributed by atoms with Crippen LogP contribution in [0.5, 0.6) is 0 Å². The summed E-state index contributed by atoms with van der Waals surface area (Å²) in [6.45, 7) is 1.17. The van der Waals surface area contributed by atoms with Crippen LogP contribution in [0.25, 0.3) is 0 Å². The summed E-state index contributed by atoms with van der Waals surface area (Å²) >= 11 is 0. The Hall–Kier alpha value is -0.740. The normalized spacial score (nSPS) is 18.2. The lowest BCUT2D eigenvalue weighted by molar-refractivity contribution is -0.161. The Labute approximate surface area is 131 Å². The molecule has 0 amide bonds. The molecule has 0 aromatic heterocycles. The molecule has 0 aromatic rings. The van der Waals surface area contributed by atoms with Gasteiger partial charge in [0.15, 0.2) is 6.29 Å². The average Bonchev–Trinajstić information content (AvgIpc) is 2.33.